The summed E-state index contributed by atoms with van der Waals surface area (Å²) in [6.45, 7) is 1.82. The quantitative estimate of drug-likeness (QED) is 0.513. The van der Waals surface area contributed by atoms with Gasteiger partial charge in [-0.1, -0.05) is 18.2 Å². The van der Waals surface area contributed by atoms with Crippen LogP contribution < -0.4 is 10.2 Å². The zero-order valence-electron chi connectivity index (χ0n) is 16.0. The minimum Gasteiger partial charge on any atom is -0.366 e. The first-order valence-corrected chi connectivity index (χ1v) is 9.80. The van der Waals surface area contributed by atoms with Crippen molar-refractivity contribution in [2.45, 2.75) is 19.3 Å². The first-order valence-electron chi connectivity index (χ1n) is 9.80. The van der Waals surface area contributed by atoms with Crippen molar-refractivity contribution < 1.29 is 9.72 Å². The second kappa shape index (κ2) is 8.30. The van der Waals surface area contributed by atoms with Gasteiger partial charge in [-0.3, -0.25) is 14.9 Å². The van der Waals surface area contributed by atoms with Crippen molar-refractivity contribution in [3.05, 3.63) is 70.7 Å². The van der Waals surface area contributed by atoms with Crippen molar-refractivity contribution in [1.29, 1.82) is 0 Å². The summed E-state index contributed by atoms with van der Waals surface area (Å²) in [4.78, 5) is 29.9. The second-order valence-electron chi connectivity index (χ2n) is 7.25. The van der Waals surface area contributed by atoms with E-state index < -0.39 is 0 Å². The number of imidazole rings is 1. The molecule has 2 aromatic heterocycles. The Morgan fingerprint density at radius 2 is 1.93 bits per heavy atom. The van der Waals surface area contributed by atoms with Crippen LogP contribution in [0, 0.1) is 16.0 Å². The predicted molar refractivity (Wildman–Crippen MR) is 110 cm³/mol. The number of nitrogens with zero attached hydrogens (tertiary/aromatic N) is 4. The van der Waals surface area contributed by atoms with Crippen molar-refractivity contribution >= 4 is 22.9 Å². The Bertz CT molecular complexity index is 991. The van der Waals surface area contributed by atoms with Crippen LogP contribution in [0.3, 0.4) is 0 Å². The molecule has 150 valence electrons. The molecule has 3 heterocycles. The Kier molecular flexibility index (Phi) is 5.41. The molecule has 0 atom stereocenters. The molecule has 1 aliphatic rings. The smallest absolute Gasteiger partial charge is 0.292 e. The molecule has 1 aromatic carbocycles. The number of benzene rings is 1. The summed E-state index contributed by atoms with van der Waals surface area (Å²) in [6.07, 6.45) is 5.99. The van der Waals surface area contributed by atoms with E-state index in [1.165, 1.54) is 6.07 Å². The summed E-state index contributed by atoms with van der Waals surface area (Å²) >= 11 is 0. The molecule has 0 radical (unpaired) electrons. The number of fused-ring (bicyclic) bond motifs is 1. The molecule has 8 heteroatoms. The van der Waals surface area contributed by atoms with Crippen LogP contribution in [-0.2, 0) is 11.2 Å². The third kappa shape index (κ3) is 4.21. The molecule has 0 spiro atoms. The molecular formula is C21H23N5O3. The number of carbonyl (C=O) groups excluding carboxylic acids is 1. The molecule has 1 aliphatic heterocycles. The van der Waals surface area contributed by atoms with Crippen LogP contribution in [0.4, 0.5) is 11.4 Å². The van der Waals surface area contributed by atoms with Gasteiger partial charge < -0.3 is 14.6 Å². The summed E-state index contributed by atoms with van der Waals surface area (Å²) in [5.41, 5.74) is 2.59. The summed E-state index contributed by atoms with van der Waals surface area (Å²) in [6, 6.07) is 12.6. The standard InChI is InChI=1S/C21H23N5O3/c27-21(22-11-8-17-15-25-12-4-3-7-20(25)23-17)16-9-13-24(14-10-16)18-5-1-2-6-19(18)26(28)29/h1-7,12,15-16H,8-11,13-14H2,(H,22,27). The van der Waals surface area contributed by atoms with Gasteiger partial charge in [-0.15, -0.1) is 0 Å². The van der Waals surface area contributed by atoms with Crippen LogP contribution in [0.1, 0.15) is 18.5 Å². The van der Waals surface area contributed by atoms with Gasteiger partial charge in [-0.05, 0) is 31.0 Å². The lowest BCUT2D eigenvalue weighted by Gasteiger charge is -2.32. The molecule has 4 rings (SSSR count). The highest BCUT2D eigenvalue weighted by molar-refractivity contribution is 5.79. The maximum atomic E-state index is 12.5. The molecule has 8 nitrogen and oxygen atoms in total. The number of para-hydroxylation sites is 2. The summed E-state index contributed by atoms with van der Waals surface area (Å²) in [7, 11) is 0. The number of rotatable bonds is 6. The Hall–Kier alpha value is -3.42. The third-order valence-corrected chi connectivity index (χ3v) is 5.38. The maximum absolute atomic E-state index is 12.5. The Labute approximate surface area is 168 Å². The molecule has 1 N–H and O–H groups in total. The fourth-order valence-corrected chi connectivity index (χ4v) is 3.83. The first kappa shape index (κ1) is 18.9. The van der Waals surface area contributed by atoms with Gasteiger partial charge in [0.05, 0.1) is 10.6 Å². The van der Waals surface area contributed by atoms with Gasteiger partial charge in [-0.2, -0.15) is 0 Å². The molecule has 1 amide bonds. The Morgan fingerprint density at radius 1 is 1.17 bits per heavy atom. The predicted octanol–water partition coefficient (Wildman–Crippen LogP) is 2.82. The molecular weight excluding hydrogens is 370 g/mol. The lowest BCUT2D eigenvalue weighted by Crippen LogP contribution is -2.41. The zero-order valence-corrected chi connectivity index (χ0v) is 16.0. The largest absolute Gasteiger partial charge is 0.366 e. The zero-order chi connectivity index (χ0) is 20.2. The van der Waals surface area contributed by atoms with Crippen LogP contribution in [0.5, 0.6) is 0 Å². The number of carbonyl (C=O) groups is 1. The lowest BCUT2D eigenvalue weighted by atomic mass is 9.95. The molecule has 0 bridgehead atoms. The number of hydrogen-bond acceptors (Lipinski definition) is 5. The number of piperidine rings is 1. The number of nitro groups is 1. The van der Waals surface area contributed by atoms with E-state index in [-0.39, 0.29) is 22.4 Å². The molecule has 0 unspecified atom stereocenters. The summed E-state index contributed by atoms with van der Waals surface area (Å²) in [5, 5.41) is 14.3. The van der Waals surface area contributed by atoms with E-state index in [1.807, 2.05) is 39.9 Å². The minimum absolute atomic E-state index is 0.0518. The van der Waals surface area contributed by atoms with E-state index in [1.54, 1.807) is 18.2 Å². The number of pyridine rings is 1. The molecule has 1 fully saturated rings. The van der Waals surface area contributed by atoms with Crippen LogP contribution in [0.25, 0.3) is 5.65 Å². The number of amides is 1. The molecule has 29 heavy (non-hydrogen) atoms. The van der Waals surface area contributed by atoms with E-state index in [4.69, 9.17) is 0 Å². The average Bonchev–Trinajstić information content (AvgIpc) is 3.16. The van der Waals surface area contributed by atoms with Crippen LogP contribution in [-0.4, -0.2) is 39.8 Å². The molecule has 1 saturated heterocycles. The lowest BCUT2D eigenvalue weighted by molar-refractivity contribution is -0.384. The first-order chi connectivity index (χ1) is 14.1. The van der Waals surface area contributed by atoms with Crippen LogP contribution in [0.15, 0.2) is 54.9 Å². The SMILES string of the molecule is O=C(NCCc1cn2ccccc2n1)C1CCN(c2ccccc2[N+](=O)[O-])CC1. The highest BCUT2D eigenvalue weighted by Gasteiger charge is 2.27. The van der Waals surface area contributed by atoms with Crippen molar-refractivity contribution in [1.82, 2.24) is 14.7 Å². The van der Waals surface area contributed by atoms with Crippen LogP contribution >= 0.6 is 0 Å². The molecule has 0 saturated carbocycles. The second-order valence-corrected chi connectivity index (χ2v) is 7.25. The number of hydrogen-bond donors (Lipinski definition) is 1. The Balaban J connectivity index is 1.27. The molecule has 3 aromatic rings. The van der Waals surface area contributed by atoms with Crippen LogP contribution in [0.2, 0.25) is 0 Å². The summed E-state index contributed by atoms with van der Waals surface area (Å²) < 4.78 is 1.97. The van der Waals surface area contributed by atoms with E-state index in [0.717, 1.165) is 11.3 Å². The number of nitro benzene ring substituents is 1. The van der Waals surface area contributed by atoms with Gasteiger partial charge in [0.15, 0.2) is 0 Å². The van der Waals surface area contributed by atoms with Crippen molar-refractivity contribution in [3.63, 3.8) is 0 Å². The van der Waals surface area contributed by atoms with Crippen molar-refractivity contribution in [2.75, 3.05) is 24.5 Å². The van der Waals surface area contributed by atoms with Gasteiger partial charge in [0.1, 0.15) is 11.3 Å². The van der Waals surface area contributed by atoms with Gasteiger partial charge in [0, 0.05) is 50.4 Å². The van der Waals surface area contributed by atoms with E-state index in [0.29, 0.717) is 44.6 Å². The number of aromatic nitrogens is 2. The highest BCUT2D eigenvalue weighted by atomic mass is 16.6. The minimum atomic E-state index is -0.354. The van der Waals surface area contributed by atoms with Crippen molar-refractivity contribution in [2.24, 2.45) is 5.92 Å². The summed E-state index contributed by atoms with van der Waals surface area (Å²) in [5.74, 6) is -0.00828. The van der Waals surface area contributed by atoms with E-state index in [9.17, 15) is 14.9 Å². The number of anilines is 1. The van der Waals surface area contributed by atoms with E-state index in [2.05, 4.69) is 10.3 Å². The monoisotopic (exact) mass is 393 g/mol. The highest BCUT2D eigenvalue weighted by Crippen LogP contribution is 2.31. The maximum Gasteiger partial charge on any atom is 0.292 e. The number of nitrogens with one attached hydrogen (secondary N) is 1. The van der Waals surface area contributed by atoms with Gasteiger partial charge >= 0.3 is 0 Å². The van der Waals surface area contributed by atoms with E-state index >= 15 is 0 Å². The Morgan fingerprint density at radius 3 is 2.69 bits per heavy atom. The van der Waals surface area contributed by atoms with Crippen molar-refractivity contribution in [3.8, 4) is 0 Å². The molecule has 0 aliphatic carbocycles. The topological polar surface area (TPSA) is 92.8 Å². The average molecular weight is 393 g/mol. The van der Waals surface area contributed by atoms with Gasteiger partial charge in [-0.25, -0.2) is 4.98 Å². The van der Waals surface area contributed by atoms with Gasteiger partial charge in [0.2, 0.25) is 5.91 Å². The fourth-order valence-electron chi connectivity index (χ4n) is 3.83. The normalized spacial score (nSPS) is 14.8. The third-order valence-electron chi connectivity index (χ3n) is 5.38. The fraction of sp³-hybridized carbons (Fsp3) is 0.333. The van der Waals surface area contributed by atoms with Gasteiger partial charge in [0.25, 0.3) is 5.69 Å².